The second-order valence-electron chi connectivity index (χ2n) is 5.76. The lowest BCUT2D eigenvalue weighted by Crippen LogP contribution is -2.26. The predicted octanol–water partition coefficient (Wildman–Crippen LogP) is 2.32. The number of hydrogen-bond acceptors (Lipinski definition) is 2. The van der Waals surface area contributed by atoms with Crippen molar-refractivity contribution in [2.45, 2.75) is 45.8 Å². The van der Waals surface area contributed by atoms with Gasteiger partial charge >= 0.3 is 0 Å². The summed E-state index contributed by atoms with van der Waals surface area (Å²) in [7, 11) is 0. The van der Waals surface area contributed by atoms with Gasteiger partial charge in [0, 0.05) is 37.9 Å². The zero-order valence-electron chi connectivity index (χ0n) is 12.0. The molecule has 1 unspecified atom stereocenters. The molecule has 0 saturated carbocycles. The van der Waals surface area contributed by atoms with Crippen molar-refractivity contribution in [1.82, 2.24) is 9.47 Å². The van der Waals surface area contributed by atoms with Crippen LogP contribution in [-0.4, -0.2) is 35.3 Å². The molecule has 0 bridgehead atoms. The predicted molar refractivity (Wildman–Crippen MR) is 75.5 cm³/mol. The molecule has 0 aliphatic carbocycles. The number of rotatable bonds is 4. The number of aryl methyl sites for hydroxylation is 1. The summed E-state index contributed by atoms with van der Waals surface area (Å²) in [6.45, 7) is 8.27. The Hall–Kier alpha value is -1.16. The molecule has 1 saturated heterocycles. The van der Waals surface area contributed by atoms with Crippen molar-refractivity contribution in [3.8, 4) is 0 Å². The molecule has 0 amide bonds. The Labute approximate surface area is 114 Å². The maximum atomic E-state index is 13.1. The number of aromatic nitrogens is 1. The van der Waals surface area contributed by atoms with Crippen LogP contribution in [0.1, 0.15) is 37.4 Å². The first-order chi connectivity index (χ1) is 8.97. The normalized spacial score (nSPS) is 20.4. The standard InChI is InChI=1S/C15H23FN2O/c1-11(2)18-9-13(12(3)8-15(18)19)4-6-17-7-5-14(16)10-17/h8-9,11,14H,4-7,10H2,1-3H3. The van der Waals surface area contributed by atoms with Gasteiger partial charge in [0.2, 0.25) is 0 Å². The maximum absolute atomic E-state index is 13.1. The molecule has 3 nitrogen and oxygen atoms in total. The zero-order valence-corrected chi connectivity index (χ0v) is 12.0. The average molecular weight is 266 g/mol. The van der Waals surface area contributed by atoms with E-state index in [0.29, 0.717) is 13.0 Å². The van der Waals surface area contributed by atoms with Gasteiger partial charge in [-0.3, -0.25) is 4.79 Å². The molecular formula is C15H23FN2O. The van der Waals surface area contributed by atoms with Crippen molar-refractivity contribution < 1.29 is 4.39 Å². The Balaban J connectivity index is 2.07. The Morgan fingerprint density at radius 2 is 2.21 bits per heavy atom. The van der Waals surface area contributed by atoms with Crippen LogP contribution in [-0.2, 0) is 6.42 Å². The van der Waals surface area contributed by atoms with Gasteiger partial charge in [-0.1, -0.05) is 0 Å². The van der Waals surface area contributed by atoms with Gasteiger partial charge in [0.05, 0.1) is 0 Å². The summed E-state index contributed by atoms with van der Waals surface area (Å²) in [6.07, 6.45) is 2.84. The fourth-order valence-corrected chi connectivity index (χ4v) is 2.62. The monoisotopic (exact) mass is 266 g/mol. The van der Waals surface area contributed by atoms with E-state index in [4.69, 9.17) is 0 Å². The first-order valence-electron chi connectivity index (χ1n) is 7.05. The quantitative estimate of drug-likeness (QED) is 0.835. The van der Waals surface area contributed by atoms with Crippen LogP contribution in [0.4, 0.5) is 4.39 Å². The highest BCUT2D eigenvalue weighted by molar-refractivity contribution is 5.23. The van der Waals surface area contributed by atoms with Crippen molar-refractivity contribution >= 4 is 0 Å². The van der Waals surface area contributed by atoms with Crippen LogP contribution in [0.2, 0.25) is 0 Å². The van der Waals surface area contributed by atoms with Gasteiger partial charge < -0.3 is 9.47 Å². The molecule has 1 aromatic heterocycles. The van der Waals surface area contributed by atoms with Crippen LogP contribution in [0.25, 0.3) is 0 Å². The topological polar surface area (TPSA) is 25.2 Å². The van der Waals surface area contributed by atoms with Crippen molar-refractivity contribution in [3.63, 3.8) is 0 Å². The van der Waals surface area contributed by atoms with Crippen LogP contribution >= 0.6 is 0 Å². The van der Waals surface area contributed by atoms with Crippen molar-refractivity contribution in [2.75, 3.05) is 19.6 Å². The van der Waals surface area contributed by atoms with Gasteiger partial charge in [-0.05, 0) is 44.7 Å². The van der Waals surface area contributed by atoms with Gasteiger partial charge in [0.1, 0.15) is 6.17 Å². The summed E-state index contributed by atoms with van der Waals surface area (Å²) < 4.78 is 14.9. The van der Waals surface area contributed by atoms with Crippen molar-refractivity contribution in [3.05, 3.63) is 33.7 Å². The third-order valence-electron chi connectivity index (χ3n) is 3.86. The molecule has 19 heavy (non-hydrogen) atoms. The van der Waals surface area contributed by atoms with E-state index in [-0.39, 0.29) is 11.6 Å². The van der Waals surface area contributed by atoms with Crippen molar-refractivity contribution in [1.29, 1.82) is 0 Å². The van der Waals surface area contributed by atoms with E-state index >= 15 is 0 Å². The maximum Gasteiger partial charge on any atom is 0.251 e. The number of halogens is 1. The largest absolute Gasteiger partial charge is 0.313 e. The van der Waals surface area contributed by atoms with E-state index in [2.05, 4.69) is 4.90 Å². The molecule has 106 valence electrons. The molecule has 1 aliphatic heterocycles. The van der Waals surface area contributed by atoms with Crippen LogP contribution in [0, 0.1) is 6.92 Å². The summed E-state index contributed by atoms with van der Waals surface area (Å²) in [6, 6.07) is 1.88. The lowest BCUT2D eigenvalue weighted by Gasteiger charge is -2.17. The van der Waals surface area contributed by atoms with Gasteiger partial charge in [0.25, 0.3) is 5.56 Å². The molecule has 1 fully saturated rings. The lowest BCUT2D eigenvalue weighted by atomic mass is 10.1. The van der Waals surface area contributed by atoms with E-state index in [1.807, 2.05) is 27.0 Å². The van der Waals surface area contributed by atoms with Crippen LogP contribution in [0.3, 0.4) is 0 Å². The van der Waals surface area contributed by atoms with Gasteiger partial charge in [-0.15, -0.1) is 0 Å². The van der Waals surface area contributed by atoms with E-state index < -0.39 is 6.17 Å². The van der Waals surface area contributed by atoms with E-state index in [1.54, 1.807) is 10.6 Å². The molecule has 0 N–H and O–H groups in total. The summed E-state index contributed by atoms with van der Waals surface area (Å²) in [4.78, 5) is 14.0. The minimum atomic E-state index is -0.661. The van der Waals surface area contributed by atoms with Gasteiger partial charge in [0.15, 0.2) is 0 Å². The molecule has 0 spiro atoms. The summed E-state index contributed by atoms with van der Waals surface area (Å²) in [5.74, 6) is 0. The summed E-state index contributed by atoms with van der Waals surface area (Å²) >= 11 is 0. The second kappa shape index (κ2) is 5.87. The Kier molecular flexibility index (Phi) is 4.40. The molecule has 1 atom stereocenters. The molecule has 0 aromatic carbocycles. The molecule has 1 aliphatic rings. The van der Waals surface area contributed by atoms with Crippen LogP contribution in [0.5, 0.6) is 0 Å². The Morgan fingerprint density at radius 1 is 1.47 bits per heavy atom. The first-order valence-corrected chi connectivity index (χ1v) is 7.05. The molecule has 2 rings (SSSR count). The van der Waals surface area contributed by atoms with E-state index in [1.165, 1.54) is 5.56 Å². The Morgan fingerprint density at radius 3 is 2.79 bits per heavy atom. The lowest BCUT2D eigenvalue weighted by molar-refractivity contribution is 0.290. The molecule has 1 aromatic rings. The summed E-state index contributed by atoms with van der Waals surface area (Å²) in [5, 5.41) is 0. The summed E-state index contributed by atoms with van der Waals surface area (Å²) in [5.41, 5.74) is 2.29. The van der Waals surface area contributed by atoms with Gasteiger partial charge in [-0.25, -0.2) is 4.39 Å². The minimum absolute atomic E-state index is 0.0567. The third-order valence-corrected chi connectivity index (χ3v) is 3.86. The number of pyridine rings is 1. The van der Waals surface area contributed by atoms with Crippen LogP contribution < -0.4 is 5.56 Å². The van der Waals surface area contributed by atoms with E-state index in [9.17, 15) is 9.18 Å². The van der Waals surface area contributed by atoms with Gasteiger partial charge in [-0.2, -0.15) is 0 Å². The molecule has 2 heterocycles. The van der Waals surface area contributed by atoms with E-state index in [0.717, 1.165) is 25.1 Å². The Bertz CT molecular complexity index is 495. The second-order valence-corrected chi connectivity index (χ2v) is 5.76. The minimum Gasteiger partial charge on any atom is -0.313 e. The first kappa shape index (κ1) is 14.3. The highest BCUT2D eigenvalue weighted by atomic mass is 19.1. The number of alkyl halides is 1. The smallest absolute Gasteiger partial charge is 0.251 e. The SMILES string of the molecule is Cc1cc(=O)n(C(C)C)cc1CCN1CCC(F)C1. The molecular weight excluding hydrogens is 243 g/mol. The fraction of sp³-hybridized carbons (Fsp3) is 0.667. The highest BCUT2D eigenvalue weighted by Gasteiger charge is 2.21. The molecule has 4 heteroatoms. The average Bonchev–Trinajstić information content (AvgIpc) is 2.73. The van der Waals surface area contributed by atoms with Crippen molar-refractivity contribution in [2.24, 2.45) is 0 Å². The van der Waals surface area contributed by atoms with Crippen LogP contribution in [0.15, 0.2) is 17.1 Å². The highest BCUT2D eigenvalue weighted by Crippen LogP contribution is 2.14. The fourth-order valence-electron chi connectivity index (χ4n) is 2.62. The number of hydrogen-bond donors (Lipinski definition) is 0. The zero-order chi connectivity index (χ0) is 14.0. The molecule has 0 radical (unpaired) electrons. The number of likely N-dealkylation sites (tertiary alicyclic amines) is 1. The number of nitrogens with zero attached hydrogens (tertiary/aromatic N) is 2. The third kappa shape index (κ3) is 3.44.